The van der Waals surface area contributed by atoms with E-state index in [1.807, 2.05) is 42.5 Å². The lowest BCUT2D eigenvalue weighted by Gasteiger charge is -2.18. The van der Waals surface area contributed by atoms with Crippen molar-refractivity contribution in [2.75, 3.05) is 0 Å². The minimum absolute atomic E-state index is 0.0870. The molecular formula is C17H12O2. The summed E-state index contributed by atoms with van der Waals surface area (Å²) in [6, 6.07) is 15.6. The number of hydrogen-bond donors (Lipinski definition) is 0. The van der Waals surface area contributed by atoms with Crippen LogP contribution in [0.1, 0.15) is 11.3 Å². The molecule has 2 heteroatoms. The lowest BCUT2D eigenvalue weighted by atomic mass is 9.88. The first kappa shape index (κ1) is 10.6. The predicted octanol–water partition coefficient (Wildman–Crippen LogP) is 3.56. The van der Waals surface area contributed by atoms with Gasteiger partial charge in [0.25, 0.3) is 0 Å². The average molecular weight is 248 g/mol. The maximum atomic E-state index is 12.7. The molecule has 0 bridgehead atoms. The Morgan fingerprint density at radius 3 is 2.63 bits per heavy atom. The van der Waals surface area contributed by atoms with Crippen molar-refractivity contribution in [1.29, 1.82) is 0 Å². The van der Waals surface area contributed by atoms with E-state index in [1.165, 1.54) is 5.56 Å². The molecule has 0 amide bonds. The van der Waals surface area contributed by atoms with Crippen molar-refractivity contribution in [1.82, 2.24) is 0 Å². The first-order chi connectivity index (χ1) is 9.34. The van der Waals surface area contributed by atoms with Gasteiger partial charge in [0, 0.05) is 6.42 Å². The van der Waals surface area contributed by atoms with Gasteiger partial charge in [-0.05, 0) is 29.7 Å². The van der Waals surface area contributed by atoms with Crippen LogP contribution in [0.3, 0.4) is 0 Å². The van der Waals surface area contributed by atoms with E-state index in [9.17, 15) is 4.79 Å². The van der Waals surface area contributed by atoms with Gasteiger partial charge in [0.15, 0.2) is 0 Å². The first-order valence-electron chi connectivity index (χ1n) is 6.47. The number of para-hydroxylation sites is 1. The van der Waals surface area contributed by atoms with Crippen molar-refractivity contribution in [2.24, 2.45) is 0 Å². The monoisotopic (exact) mass is 248 g/mol. The summed E-state index contributed by atoms with van der Waals surface area (Å²) in [4.78, 5) is 12.7. The second kappa shape index (κ2) is 3.82. The molecule has 2 nitrogen and oxygen atoms in total. The summed E-state index contributed by atoms with van der Waals surface area (Å²) in [5, 5.41) is 0.665. The molecule has 0 fully saturated rings. The summed E-state index contributed by atoms with van der Waals surface area (Å²) in [7, 11) is 0. The Labute approximate surface area is 110 Å². The normalized spacial score (nSPS) is 13.1. The number of benzene rings is 2. The van der Waals surface area contributed by atoms with Gasteiger partial charge in [-0.25, -0.2) is 0 Å². The first-order valence-corrected chi connectivity index (χ1v) is 6.47. The molecule has 0 N–H and O–H groups in total. The van der Waals surface area contributed by atoms with Crippen LogP contribution in [-0.2, 0) is 12.8 Å². The standard InChI is InChI=1S/C17H12O2/c18-17-13-7-3-4-8-14(13)19-15-10-9-11-5-1-2-6-12(11)16(15)17/h1-8H,9-10H2. The van der Waals surface area contributed by atoms with E-state index in [0.717, 1.165) is 29.7 Å². The number of aryl methyl sites for hydroxylation is 2. The average Bonchev–Trinajstić information content (AvgIpc) is 2.47. The molecule has 1 heterocycles. The number of hydrogen-bond acceptors (Lipinski definition) is 2. The SMILES string of the molecule is O=c1c2c(oc3ccccc13)CCc1ccccc1-2. The Kier molecular flexibility index (Phi) is 2.12. The van der Waals surface area contributed by atoms with Crippen molar-refractivity contribution in [2.45, 2.75) is 12.8 Å². The van der Waals surface area contributed by atoms with Crippen molar-refractivity contribution in [3.63, 3.8) is 0 Å². The molecule has 1 aliphatic carbocycles. The molecule has 4 rings (SSSR count). The molecule has 1 aromatic heterocycles. The Bertz CT molecular complexity index is 843. The van der Waals surface area contributed by atoms with Crippen molar-refractivity contribution in [3.8, 4) is 11.1 Å². The van der Waals surface area contributed by atoms with E-state index < -0.39 is 0 Å². The minimum atomic E-state index is 0.0870. The topological polar surface area (TPSA) is 30.2 Å². The molecule has 2 aromatic carbocycles. The van der Waals surface area contributed by atoms with Crippen LogP contribution in [0.4, 0.5) is 0 Å². The summed E-state index contributed by atoms with van der Waals surface area (Å²) in [6.45, 7) is 0. The van der Waals surface area contributed by atoms with E-state index in [4.69, 9.17) is 4.42 Å². The highest BCUT2D eigenvalue weighted by Crippen LogP contribution is 2.32. The molecule has 0 atom stereocenters. The maximum absolute atomic E-state index is 12.7. The molecule has 0 aliphatic heterocycles. The highest BCUT2D eigenvalue weighted by Gasteiger charge is 2.22. The smallest absolute Gasteiger partial charge is 0.200 e. The summed E-state index contributed by atoms with van der Waals surface area (Å²) in [6.07, 6.45) is 1.73. The summed E-state index contributed by atoms with van der Waals surface area (Å²) < 4.78 is 5.92. The Morgan fingerprint density at radius 1 is 0.895 bits per heavy atom. The van der Waals surface area contributed by atoms with Crippen LogP contribution < -0.4 is 5.43 Å². The van der Waals surface area contributed by atoms with Gasteiger partial charge in [0.1, 0.15) is 11.3 Å². The highest BCUT2D eigenvalue weighted by atomic mass is 16.3. The molecule has 3 aromatic rings. The van der Waals surface area contributed by atoms with Crippen molar-refractivity contribution in [3.05, 3.63) is 70.1 Å². The van der Waals surface area contributed by atoms with Gasteiger partial charge in [-0.15, -0.1) is 0 Å². The van der Waals surface area contributed by atoms with Gasteiger partial charge >= 0.3 is 0 Å². The molecule has 0 unspecified atom stereocenters. The third-order valence-corrected chi connectivity index (χ3v) is 3.78. The van der Waals surface area contributed by atoms with Crippen LogP contribution in [0.5, 0.6) is 0 Å². The van der Waals surface area contributed by atoms with Crippen LogP contribution in [0.15, 0.2) is 57.7 Å². The van der Waals surface area contributed by atoms with Gasteiger partial charge in [-0.3, -0.25) is 4.79 Å². The fourth-order valence-corrected chi connectivity index (χ4v) is 2.87. The van der Waals surface area contributed by atoms with E-state index >= 15 is 0 Å². The quantitative estimate of drug-likeness (QED) is 0.609. The zero-order valence-corrected chi connectivity index (χ0v) is 10.3. The molecule has 1 aliphatic rings. The fraction of sp³-hybridized carbons (Fsp3) is 0.118. The van der Waals surface area contributed by atoms with Crippen LogP contribution in [0, 0.1) is 0 Å². The second-order valence-corrected chi connectivity index (χ2v) is 4.88. The largest absolute Gasteiger partial charge is 0.460 e. The molecule has 0 saturated carbocycles. The van der Waals surface area contributed by atoms with Gasteiger partial charge in [-0.2, -0.15) is 0 Å². The third kappa shape index (κ3) is 1.46. The van der Waals surface area contributed by atoms with Gasteiger partial charge in [0.05, 0.1) is 10.9 Å². The Balaban J connectivity index is 2.16. The van der Waals surface area contributed by atoms with Gasteiger partial charge < -0.3 is 4.42 Å². The van der Waals surface area contributed by atoms with E-state index in [-0.39, 0.29) is 5.43 Å². The van der Waals surface area contributed by atoms with E-state index in [1.54, 1.807) is 0 Å². The predicted molar refractivity (Wildman–Crippen MR) is 75.3 cm³/mol. The molecular weight excluding hydrogens is 236 g/mol. The molecule has 92 valence electrons. The van der Waals surface area contributed by atoms with Crippen molar-refractivity contribution >= 4 is 11.0 Å². The Hall–Kier alpha value is -2.35. The lowest BCUT2D eigenvalue weighted by Crippen LogP contribution is -2.14. The molecule has 19 heavy (non-hydrogen) atoms. The molecule has 0 spiro atoms. The molecule has 0 radical (unpaired) electrons. The van der Waals surface area contributed by atoms with Gasteiger partial charge in [-0.1, -0.05) is 36.4 Å². The maximum Gasteiger partial charge on any atom is 0.200 e. The second-order valence-electron chi connectivity index (χ2n) is 4.88. The number of rotatable bonds is 0. The fourth-order valence-electron chi connectivity index (χ4n) is 2.87. The Morgan fingerprint density at radius 2 is 1.68 bits per heavy atom. The van der Waals surface area contributed by atoms with E-state index in [2.05, 4.69) is 6.07 Å². The summed E-state index contributed by atoms with van der Waals surface area (Å²) >= 11 is 0. The van der Waals surface area contributed by atoms with Crippen LogP contribution >= 0.6 is 0 Å². The van der Waals surface area contributed by atoms with Crippen molar-refractivity contribution < 1.29 is 4.42 Å². The third-order valence-electron chi connectivity index (χ3n) is 3.78. The lowest BCUT2D eigenvalue weighted by molar-refractivity contribution is 0.533. The zero-order valence-electron chi connectivity index (χ0n) is 10.3. The minimum Gasteiger partial charge on any atom is -0.460 e. The van der Waals surface area contributed by atoms with Gasteiger partial charge in [0.2, 0.25) is 5.43 Å². The van der Waals surface area contributed by atoms with E-state index in [0.29, 0.717) is 11.0 Å². The van der Waals surface area contributed by atoms with Crippen LogP contribution in [-0.4, -0.2) is 0 Å². The summed E-state index contributed by atoms with van der Waals surface area (Å²) in [5.41, 5.74) is 3.79. The highest BCUT2D eigenvalue weighted by molar-refractivity contribution is 5.84. The number of fused-ring (bicyclic) bond motifs is 4. The summed E-state index contributed by atoms with van der Waals surface area (Å²) in [5.74, 6) is 0.822. The zero-order chi connectivity index (χ0) is 12.8. The van der Waals surface area contributed by atoms with Crippen LogP contribution in [0.25, 0.3) is 22.1 Å². The molecule has 0 saturated heterocycles. The van der Waals surface area contributed by atoms with Crippen LogP contribution in [0.2, 0.25) is 0 Å².